The van der Waals surface area contributed by atoms with Gasteiger partial charge in [-0.15, -0.1) is 0 Å². The predicted molar refractivity (Wildman–Crippen MR) is 217 cm³/mol. The van der Waals surface area contributed by atoms with Crippen LogP contribution in [-0.4, -0.2) is 82.0 Å². The number of phenols is 2. The number of fused-ring (bicyclic) bond motifs is 6. The van der Waals surface area contributed by atoms with Gasteiger partial charge in [-0.3, -0.25) is 0 Å². The highest BCUT2D eigenvalue weighted by Crippen LogP contribution is 2.40. The molecule has 12 heteroatoms. The molecule has 6 atom stereocenters. The Bertz CT molecular complexity index is 2340. The van der Waals surface area contributed by atoms with Gasteiger partial charge in [-0.05, 0) is 107 Å². The molecule has 57 heavy (non-hydrogen) atoms. The predicted octanol–water partition coefficient (Wildman–Crippen LogP) is 8.38. The average Bonchev–Trinajstić information content (AvgIpc) is 3.98. The van der Waals surface area contributed by atoms with Crippen molar-refractivity contribution in [2.75, 3.05) is 0 Å². The van der Waals surface area contributed by atoms with E-state index in [0.717, 1.165) is 83.3 Å². The minimum Gasteiger partial charge on any atom is -0.508 e. The number of aromatic nitrogens is 4. The second-order valence-corrected chi connectivity index (χ2v) is 17.0. The molecule has 2 unspecified atom stereocenters. The Balaban J connectivity index is 0.000000153. The van der Waals surface area contributed by atoms with Crippen molar-refractivity contribution in [3.8, 4) is 45.3 Å². The smallest absolute Gasteiger partial charge is 0.410 e. The van der Waals surface area contributed by atoms with E-state index < -0.39 is 5.60 Å². The number of carbonyl (C=O) groups excluding carboxylic acids is 1. The molecule has 0 radical (unpaired) electrons. The standard InChI is InChI=1S/C25H29N3O4.C20H21N3O2/c1-25(2,3)32-24(30)28-18-6-7-19(28)12-21(11-18)31-23-10-17(14-27-15-26-13-22(23)27)16-4-8-20(29)9-5-16;24-17-5-1-13(2-6-17)14-7-20(19-10-21-12-23(19)11-14)25-18-8-15-3-4-16(9-18)22-15/h4-5,8-10,13-15,18-19,21,29H,6-7,11-12H2,1-3H3;1-2,5-7,10-12,15-16,18,22,24H,3-4,8-9H2/t18-,19+,21?;15-,16+,18?. The lowest BCUT2D eigenvalue weighted by molar-refractivity contribution is -0.00694. The fraction of sp³-hybridized carbons (Fsp3) is 0.400. The highest BCUT2D eigenvalue weighted by molar-refractivity contribution is 5.73. The van der Waals surface area contributed by atoms with Gasteiger partial charge in [0.2, 0.25) is 0 Å². The third-order valence-electron chi connectivity index (χ3n) is 11.7. The average molecular weight is 771 g/mol. The van der Waals surface area contributed by atoms with Gasteiger partial charge in [-0.1, -0.05) is 24.3 Å². The molecule has 3 N–H and O–H groups in total. The van der Waals surface area contributed by atoms with E-state index in [1.807, 2.05) is 83.4 Å². The number of amides is 1. The molecular weight excluding hydrogens is 721 g/mol. The number of piperidine rings is 2. The number of hydrogen-bond acceptors (Lipinski definition) is 9. The van der Waals surface area contributed by atoms with Gasteiger partial charge in [0.15, 0.2) is 0 Å². The zero-order chi connectivity index (χ0) is 39.3. The summed E-state index contributed by atoms with van der Waals surface area (Å²) in [6.07, 6.45) is 19.6. The summed E-state index contributed by atoms with van der Waals surface area (Å²) in [5.41, 5.74) is 5.48. The normalized spacial score (nSPS) is 23.9. The summed E-state index contributed by atoms with van der Waals surface area (Å²) in [6.45, 7) is 5.71. The Kier molecular flexibility index (Phi) is 9.68. The number of hydrogen-bond donors (Lipinski definition) is 3. The van der Waals surface area contributed by atoms with Gasteiger partial charge in [0, 0.05) is 60.5 Å². The first-order valence-electron chi connectivity index (χ1n) is 20.1. The Morgan fingerprint density at radius 1 is 0.667 bits per heavy atom. The molecule has 0 aliphatic carbocycles. The highest BCUT2D eigenvalue weighted by Gasteiger charge is 2.45. The largest absolute Gasteiger partial charge is 0.508 e. The topological polar surface area (TPSA) is 135 Å². The number of aromatic hydroxyl groups is 2. The number of pyridine rings is 2. The van der Waals surface area contributed by atoms with Gasteiger partial charge in [-0.25, -0.2) is 14.8 Å². The Hall–Kier alpha value is -5.75. The SMILES string of the molecule is CC(C)(C)OC(=O)N1[C@@H]2CC[C@H]1CC(Oc1cc(-c3ccc(O)cc3)cn3cncc13)C2.Oc1ccc(-c2cc(OC3C[C@H]4CC[C@@H](C3)N4)c3cncn3c2)cc1. The van der Waals surface area contributed by atoms with Crippen LogP contribution in [0.15, 0.2) is 98.1 Å². The molecular formula is C45H50N6O6. The summed E-state index contributed by atoms with van der Waals surface area (Å²) in [7, 11) is 0. The quantitative estimate of drug-likeness (QED) is 0.153. The second kappa shape index (κ2) is 15.0. The van der Waals surface area contributed by atoms with Crippen LogP contribution in [0.3, 0.4) is 0 Å². The number of phenolic OH excluding ortho intramolecular Hbond substituents is 2. The Morgan fingerprint density at radius 2 is 1.12 bits per heavy atom. The van der Waals surface area contributed by atoms with Crippen LogP contribution in [-0.2, 0) is 4.74 Å². The third-order valence-corrected chi connectivity index (χ3v) is 11.7. The number of imidazole rings is 2. The maximum Gasteiger partial charge on any atom is 0.410 e. The maximum atomic E-state index is 12.7. The number of carbonyl (C=O) groups is 1. The van der Waals surface area contributed by atoms with E-state index in [9.17, 15) is 15.0 Å². The second-order valence-electron chi connectivity index (χ2n) is 17.0. The summed E-state index contributed by atoms with van der Waals surface area (Å²) in [5.74, 6) is 2.17. The fourth-order valence-corrected chi connectivity index (χ4v) is 9.11. The molecule has 296 valence electrons. The van der Waals surface area contributed by atoms with Crippen LogP contribution in [0.2, 0.25) is 0 Å². The Morgan fingerprint density at radius 3 is 1.58 bits per heavy atom. The molecule has 10 rings (SSSR count). The summed E-state index contributed by atoms with van der Waals surface area (Å²) in [4.78, 5) is 23.2. The van der Waals surface area contributed by atoms with Gasteiger partial charge in [0.05, 0.1) is 25.0 Å². The van der Waals surface area contributed by atoms with Crippen molar-refractivity contribution in [1.29, 1.82) is 0 Å². The summed E-state index contributed by atoms with van der Waals surface area (Å²) < 4.78 is 22.6. The van der Waals surface area contributed by atoms with Crippen LogP contribution in [0.4, 0.5) is 4.79 Å². The maximum absolute atomic E-state index is 12.7. The molecule has 4 aliphatic heterocycles. The summed E-state index contributed by atoms with van der Waals surface area (Å²) in [5, 5.41) is 22.8. The number of nitrogens with zero attached hydrogens (tertiary/aromatic N) is 5. The molecule has 1 amide bonds. The van der Waals surface area contributed by atoms with Gasteiger partial charge < -0.3 is 43.4 Å². The van der Waals surface area contributed by atoms with Gasteiger partial charge in [0.25, 0.3) is 0 Å². The van der Waals surface area contributed by atoms with Crippen molar-refractivity contribution in [3.05, 3.63) is 98.1 Å². The van der Waals surface area contributed by atoms with E-state index in [4.69, 9.17) is 14.2 Å². The van der Waals surface area contributed by atoms with Crippen LogP contribution in [0, 0.1) is 0 Å². The van der Waals surface area contributed by atoms with Crippen LogP contribution >= 0.6 is 0 Å². The first-order valence-corrected chi connectivity index (χ1v) is 20.1. The zero-order valence-electron chi connectivity index (χ0n) is 32.6. The molecule has 6 aromatic rings. The van der Waals surface area contributed by atoms with Gasteiger partial charge >= 0.3 is 6.09 Å². The van der Waals surface area contributed by atoms with E-state index in [1.54, 1.807) is 43.1 Å². The molecule has 0 saturated carbocycles. The fourth-order valence-electron chi connectivity index (χ4n) is 9.11. The zero-order valence-corrected chi connectivity index (χ0v) is 32.6. The number of benzene rings is 2. The van der Waals surface area contributed by atoms with Crippen molar-refractivity contribution in [2.45, 2.75) is 114 Å². The van der Waals surface area contributed by atoms with Crippen molar-refractivity contribution in [2.24, 2.45) is 0 Å². The van der Waals surface area contributed by atoms with E-state index in [-0.39, 0.29) is 41.9 Å². The molecule has 4 aromatic heterocycles. The minimum atomic E-state index is -0.494. The molecule has 4 aliphatic rings. The lowest BCUT2D eigenvalue weighted by Gasteiger charge is -2.39. The van der Waals surface area contributed by atoms with E-state index in [1.165, 1.54) is 12.8 Å². The molecule has 12 nitrogen and oxygen atoms in total. The van der Waals surface area contributed by atoms with Crippen LogP contribution < -0.4 is 14.8 Å². The minimum absolute atomic E-state index is 0.0277. The van der Waals surface area contributed by atoms with Crippen LogP contribution in [0.1, 0.15) is 72.1 Å². The van der Waals surface area contributed by atoms with Gasteiger partial charge in [-0.2, -0.15) is 0 Å². The van der Waals surface area contributed by atoms with Crippen molar-refractivity contribution >= 4 is 17.1 Å². The monoisotopic (exact) mass is 770 g/mol. The van der Waals surface area contributed by atoms with Crippen molar-refractivity contribution in [1.82, 2.24) is 29.0 Å². The third kappa shape index (κ3) is 7.96. The number of rotatable bonds is 6. The van der Waals surface area contributed by atoms with Crippen LogP contribution in [0.25, 0.3) is 33.3 Å². The molecule has 0 spiro atoms. The molecule has 4 saturated heterocycles. The Labute approximate surface area is 332 Å². The lowest BCUT2D eigenvalue weighted by atomic mass is 10.00. The van der Waals surface area contributed by atoms with E-state index >= 15 is 0 Å². The lowest BCUT2D eigenvalue weighted by Crippen LogP contribution is -2.50. The highest BCUT2D eigenvalue weighted by atomic mass is 16.6. The van der Waals surface area contributed by atoms with Gasteiger partial charge in [0.1, 0.15) is 51.8 Å². The molecule has 4 bridgehead atoms. The number of nitrogens with one attached hydrogen (secondary N) is 1. The molecule has 2 aromatic carbocycles. The van der Waals surface area contributed by atoms with Crippen molar-refractivity contribution < 1.29 is 29.2 Å². The van der Waals surface area contributed by atoms with E-state index in [2.05, 4.69) is 21.4 Å². The first-order chi connectivity index (χ1) is 27.5. The number of ether oxygens (including phenoxy) is 3. The molecule has 4 fully saturated rings. The van der Waals surface area contributed by atoms with Crippen LogP contribution in [0.5, 0.6) is 23.0 Å². The summed E-state index contributed by atoms with van der Waals surface area (Å²) in [6, 6.07) is 20.0. The molecule has 8 heterocycles. The summed E-state index contributed by atoms with van der Waals surface area (Å²) >= 11 is 0. The first kappa shape index (κ1) is 36.9. The van der Waals surface area contributed by atoms with Crippen molar-refractivity contribution in [3.63, 3.8) is 0 Å². The van der Waals surface area contributed by atoms with E-state index in [0.29, 0.717) is 12.1 Å².